The van der Waals surface area contributed by atoms with Gasteiger partial charge in [0.15, 0.2) is 11.4 Å². The van der Waals surface area contributed by atoms with Gasteiger partial charge in [-0.05, 0) is 25.1 Å². The van der Waals surface area contributed by atoms with Crippen LogP contribution in [-0.2, 0) is 10.4 Å². The highest BCUT2D eigenvalue weighted by molar-refractivity contribution is 6.09. The lowest BCUT2D eigenvalue weighted by Crippen LogP contribution is -2.36. The summed E-state index contributed by atoms with van der Waals surface area (Å²) < 4.78 is 5.10. The lowest BCUT2D eigenvalue weighted by atomic mass is 9.87. The van der Waals surface area contributed by atoms with E-state index in [2.05, 4.69) is 5.32 Å². The topological polar surface area (TPSA) is 75.6 Å². The molecule has 0 unspecified atom stereocenters. The number of hydrogen-bond donors (Lipinski definition) is 2. The molecule has 0 spiro atoms. The van der Waals surface area contributed by atoms with Crippen LogP contribution < -0.4 is 10.1 Å². The minimum absolute atomic E-state index is 0.317. The van der Waals surface area contributed by atoms with Crippen LogP contribution in [0, 0.1) is 6.92 Å². The molecule has 2 aromatic carbocycles. The molecule has 0 radical (unpaired) electrons. The van der Waals surface area contributed by atoms with Crippen molar-refractivity contribution in [2.75, 3.05) is 12.4 Å². The zero-order chi connectivity index (χ0) is 16.6. The van der Waals surface area contributed by atoms with Crippen molar-refractivity contribution in [2.24, 2.45) is 0 Å². The Morgan fingerprint density at radius 2 is 2.04 bits per heavy atom. The van der Waals surface area contributed by atoms with Crippen LogP contribution in [0.15, 0.2) is 42.5 Å². The van der Waals surface area contributed by atoms with Crippen molar-refractivity contribution < 1.29 is 19.4 Å². The van der Waals surface area contributed by atoms with E-state index in [0.29, 0.717) is 22.6 Å². The van der Waals surface area contributed by atoms with Gasteiger partial charge in [0.25, 0.3) is 5.91 Å². The molecule has 118 valence electrons. The summed E-state index contributed by atoms with van der Waals surface area (Å²) in [5, 5.41) is 13.5. The van der Waals surface area contributed by atoms with Gasteiger partial charge in [-0.15, -0.1) is 0 Å². The van der Waals surface area contributed by atoms with E-state index in [4.69, 9.17) is 4.74 Å². The van der Waals surface area contributed by atoms with Gasteiger partial charge in [-0.3, -0.25) is 9.59 Å². The smallest absolute Gasteiger partial charge is 0.261 e. The maximum absolute atomic E-state index is 12.5. The Bertz CT molecular complexity index is 799. The molecule has 5 heteroatoms. The monoisotopic (exact) mass is 311 g/mol. The van der Waals surface area contributed by atoms with Crippen LogP contribution in [0.1, 0.15) is 27.9 Å². The van der Waals surface area contributed by atoms with Crippen LogP contribution in [0.2, 0.25) is 0 Å². The van der Waals surface area contributed by atoms with Crippen LogP contribution >= 0.6 is 0 Å². The quantitative estimate of drug-likeness (QED) is 0.850. The molecule has 23 heavy (non-hydrogen) atoms. The van der Waals surface area contributed by atoms with Gasteiger partial charge in [-0.2, -0.15) is 0 Å². The summed E-state index contributed by atoms with van der Waals surface area (Å²) >= 11 is 0. The van der Waals surface area contributed by atoms with Crippen LogP contribution in [0.3, 0.4) is 0 Å². The molecule has 0 bridgehead atoms. The molecule has 2 aromatic rings. The Labute approximate surface area is 133 Å². The van der Waals surface area contributed by atoms with Gasteiger partial charge in [-0.25, -0.2) is 0 Å². The Morgan fingerprint density at radius 1 is 1.26 bits per heavy atom. The van der Waals surface area contributed by atoms with Gasteiger partial charge in [-0.1, -0.05) is 29.8 Å². The number of carbonyl (C=O) groups is 2. The van der Waals surface area contributed by atoms with E-state index in [0.717, 1.165) is 5.56 Å². The van der Waals surface area contributed by atoms with Gasteiger partial charge < -0.3 is 15.2 Å². The Balaban J connectivity index is 1.94. The first-order valence-corrected chi connectivity index (χ1v) is 7.26. The van der Waals surface area contributed by atoms with Crippen molar-refractivity contribution in [3.8, 4) is 5.75 Å². The molecule has 1 aliphatic rings. The number of fused-ring (bicyclic) bond motifs is 1. The lowest BCUT2D eigenvalue weighted by Gasteiger charge is -2.20. The van der Waals surface area contributed by atoms with Crippen molar-refractivity contribution in [3.63, 3.8) is 0 Å². The summed E-state index contributed by atoms with van der Waals surface area (Å²) in [6.45, 7) is 1.87. The van der Waals surface area contributed by atoms with Gasteiger partial charge in [0.05, 0.1) is 13.5 Å². The summed E-state index contributed by atoms with van der Waals surface area (Å²) in [5.74, 6) is -0.347. The molecular formula is C18H17NO4. The standard InChI is InChI=1S/C18H17NO4/c1-11-6-7-15-14(8-11)18(22,17(21)19-15)10-16(20)12-4-3-5-13(9-12)23-2/h3-9,22H,10H2,1-2H3,(H,19,21)/t18-/m1/s1. The van der Waals surface area contributed by atoms with Crippen molar-refractivity contribution in [1.29, 1.82) is 0 Å². The first-order valence-electron chi connectivity index (χ1n) is 7.26. The minimum atomic E-state index is -1.85. The van der Waals surface area contributed by atoms with Crippen molar-refractivity contribution in [1.82, 2.24) is 0 Å². The summed E-state index contributed by atoms with van der Waals surface area (Å²) in [4.78, 5) is 24.7. The van der Waals surface area contributed by atoms with E-state index in [-0.39, 0.29) is 12.2 Å². The zero-order valence-electron chi connectivity index (χ0n) is 12.9. The van der Waals surface area contributed by atoms with E-state index in [1.807, 2.05) is 13.0 Å². The highest BCUT2D eigenvalue weighted by Gasteiger charge is 2.46. The predicted molar refractivity (Wildman–Crippen MR) is 85.6 cm³/mol. The fourth-order valence-electron chi connectivity index (χ4n) is 2.76. The normalized spacial score (nSPS) is 19.2. The van der Waals surface area contributed by atoms with Gasteiger partial charge in [0, 0.05) is 16.8 Å². The second-order valence-corrected chi connectivity index (χ2v) is 5.70. The third kappa shape index (κ3) is 2.59. The number of ether oxygens (including phenoxy) is 1. The number of nitrogens with one attached hydrogen (secondary N) is 1. The maximum atomic E-state index is 12.5. The van der Waals surface area contributed by atoms with E-state index in [9.17, 15) is 14.7 Å². The molecule has 0 saturated heterocycles. The second kappa shape index (κ2) is 5.52. The lowest BCUT2D eigenvalue weighted by molar-refractivity contribution is -0.133. The fraction of sp³-hybridized carbons (Fsp3) is 0.222. The second-order valence-electron chi connectivity index (χ2n) is 5.70. The van der Waals surface area contributed by atoms with E-state index in [1.54, 1.807) is 36.4 Å². The number of anilines is 1. The molecule has 5 nitrogen and oxygen atoms in total. The maximum Gasteiger partial charge on any atom is 0.261 e. The van der Waals surface area contributed by atoms with Gasteiger partial charge in [0.1, 0.15) is 5.75 Å². The number of ketones is 1. The molecule has 1 heterocycles. The Hall–Kier alpha value is -2.66. The number of benzene rings is 2. The number of methoxy groups -OCH3 is 1. The van der Waals surface area contributed by atoms with Crippen LogP contribution in [0.4, 0.5) is 5.69 Å². The summed E-state index contributed by atoms with van der Waals surface area (Å²) in [7, 11) is 1.51. The number of carbonyl (C=O) groups excluding carboxylic acids is 2. The first kappa shape index (κ1) is 15.2. The molecule has 0 aliphatic carbocycles. The van der Waals surface area contributed by atoms with Crippen LogP contribution in [0.5, 0.6) is 5.75 Å². The predicted octanol–water partition coefficient (Wildman–Crippen LogP) is 2.42. The first-order chi connectivity index (χ1) is 10.9. The van der Waals surface area contributed by atoms with E-state index in [1.165, 1.54) is 7.11 Å². The number of hydrogen-bond acceptors (Lipinski definition) is 4. The SMILES string of the molecule is COc1cccc(C(=O)C[C@]2(O)C(=O)Nc3ccc(C)cc32)c1. The molecule has 1 atom stereocenters. The number of Topliss-reactive ketones (excluding diaryl/α,β-unsaturated/α-hetero) is 1. The van der Waals surface area contributed by atoms with Crippen molar-refractivity contribution >= 4 is 17.4 Å². The highest BCUT2D eigenvalue weighted by atomic mass is 16.5. The van der Waals surface area contributed by atoms with Gasteiger partial charge in [0.2, 0.25) is 0 Å². The number of aliphatic hydroxyl groups is 1. The summed E-state index contributed by atoms with van der Waals surface area (Å²) in [6, 6.07) is 12.0. The van der Waals surface area contributed by atoms with Crippen molar-refractivity contribution in [3.05, 3.63) is 59.2 Å². The molecule has 3 rings (SSSR count). The average Bonchev–Trinajstić information content (AvgIpc) is 2.78. The molecule has 1 aliphatic heterocycles. The van der Waals surface area contributed by atoms with Crippen molar-refractivity contribution in [2.45, 2.75) is 18.9 Å². The summed E-state index contributed by atoms with van der Waals surface area (Å²) in [6.07, 6.45) is -0.317. The molecular weight excluding hydrogens is 294 g/mol. The molecule has 0 saturated carbocycles. The van der Waals surface area contributed by atoms with E-state index < -0.39 is 11.5 Å². The Kier molecular flexibility index (Phi) is 3.66. The minimum Gasteiger partial charge on any atom is -0.497 e. The van der Waals surface area contributed by atoms with Gasteiger partial charge >= 0.3 is 0 Å². The molecule has 1 amide bonds. The molecule has 0 aromatic heterocycles. The third-order valence-electron chi connectivity index (χ3n) is 4.05. The zero-order valence-corrected chi connectivity index (χ0v) is 12.9. The van der Waals surface area contributed by atoms with Crippen LogP contribution in [-0.4, -0.2) is 23.9 Å². The highest BCUT2D eigenvalue weighted by Crippen LogP contribution is 2.39. The summed E-state index contributed by atoms with van der Waals surface area (Å²) in [5.41, 5.74) is 0.445. The number of rotatable bonds is 4. The molecule has 0 fully saturated rings. The largest absolute Gasteiger partial charge is 0.497 e. The van der Waals surface area contributed by atoms with Crippen LogP contribution in [0.25, 0.3) is 0 Å². The Morgan fingerprint density at radius 3 is 2.78 bits per heavy atom. The fourth-order valence-corrected chi connectivity index (χ4v) is 2.76. The third-order valence-corrected chi connectivity index (χ3v) is 4.05. The number of aryl methyl sites for hydroxylation is 1. The average molecular weight is 311 g/mol. The van der Waals surface area contributed by atoms with E-state index >= 15 is 0 Å². The number of amides is 1. The molecule has 2 N–H and O–H groups in total.